The molecule has 1 aromatic heterocycles. The van der Waals surface area contributed by atoms with Crippen LogP contribution in [-0.2, 0) is 0 Å². The van der Waals surface area contributed by atoms with Crippen molar-refractivity contribution >= 4 is 11.3 Å². The summed E-state index contributed by atoms with van der Waals surface area (Å²) in [6.07, 6.45) is 1.17. The standard InChI is InChI=1S/C18H25NS/c1-13(2)12-17(16-8-6-5-7-9-16)19-15(4)18-11-10-14(3)20-18/h5-11,13,15,17,19H,12H2,1-4H3. The topological polar surface area (TPSA) is 12.0 Å². The summed E-state index contributed by atoms with van der Waals surface area (Å²) in [5.74, 6) is 0.685. The summed E-state index contributed by atoms with van der Waals surface area (Å²) in [4.78, 5) is 2.81. The first-order chi connectivity index (χ1) is 9.56. The number of hydrogen-bond donors (Lipinski definition) is 1. The molecule has 0 aliphatic carbocycles. The van der Waals surface area contributed by atoms with Crippen LogP contribution in [0.1, 0.15) is 54.6 Å². The first-order valence-corrected chi connectivity index (χ1v) is 8.25. The van der Waals surface area contributed by atoms with E-state index in [2.05, 4.69) is 75.5 Å². The molecule has 0 spiro atoms. The van der Waals surface area contributed by atoms with E-state index in [1.165, 1.54) is 21.7 Å². The maximum Gasteiger partial charge on any atom is 0.0391 e. The van der Waals surface area contributed by atoms with Crippen LogP contribution in [0, 0.1) is 12.8 Å². The Morgan fingerprint density at radius 2 is 1.70 bits per heavy atom. The highest BCUT2D eigenvalue weighted by molar-refractivity contribution is 7.12. The van der Waals surface area contributed by atoms with Gasteiger partial charge in [-0.15, -0.1) is 11.3 Å². The van der Waals surface area contributed by atoms with E-state index >= 15 is 0 Å². The SMILES string of the molecule is Cc1ccc(C(C)NC(CC(C)C)c2ccccc2)s1. The second kappa shape index (κ2) is 7.05. The third-order valence-corrected chi connectivity index (χ3v) is 4.73. The van der Waals surface area contributed by atoms with E-state index in [9.17, 15) is 0 Å². The van der Waals surface area contributed by atoms with E-state index in [4.69, 9.17) is 0 Å². The summed E-state index contributed by atoms with van der Waals surface area (Å²) in [7, 11) is 0. The molecule has 0 saturated carbocycles. The first kappa shape index (κ1) is 15.3. The molecule has 2 unspecified atom stereocenters. The molecule has 2 atom stereocenters. The molecule has 20 heavy (non-hydrogen) atoms. The number of nitrogens with one attached hydrogen (secondary N) is 1. The maximum absolute atomic E-state index is 3.80. The molecule has 0 radical (unpaired) electrons. The number of hydrogen-bond acceptors (Lipinski definition) is 2. The van der Waals surface area contributed by atoms with Crippen molar-refractivity contribution in [3.8, 4) is 0 Å². The van der Waals surface area contributed by atoms with Crippen LogP contribution in [0.5, 0.6) is 0 Å². The van der Waals surface area contributed by atoms with Gasteiger partial charge in [-0.3, -0.25) is 0 Å². The van der Waals surface area contributed by atoms with Crippen molar-refractivity contribution in [1.29, 1.82) is 0 Å². The minimum Gasteiger partial charge on any atom is -0.303 e. The Morgan fingerprint density at radius 3 is 2.25 bits per heavy atom. The summed E-state index contributed by atoms with van der Waals surface area (Å²) >= 11 is 1.89. The highest BCUT2D eigenvalue weighted by atomic mass is 32.1. The van der Waals surface area contributed by atoms with Gasteiger partial charge < -0.3 is 5.32 Å². The summed E-state index contributed by atoms with van der Waals surface area (Å²) in [6.45, 7) is 9.01. The van der Waals surface area contributed by atoms with Crippen molar-refractivity contribution in [3.63, 3.8) is 0 Å². The van der Waals surface area contributed by atoms with Crippen LogP contribution in [-0.4, -0.2) is 0 Å². The summed E-state index contributed by atoms with van der Waals surface area (Å²) in [6, 6.07) is 16.1. The van der Waals surface area contributed by atoms with Crippen LogP contribution in [0.15, 0.2) is 42.5 Å². The van der Waals surface area contributed by atoms with Gasteiger partial charge in [-0.25, -0.2) is 0 Å². The summed E-state index contributed by atoms with van der Waals surface area (Å²) in [5, 5.41) is 3.80. The highest BCUT2D eigenvalue weighted by Crippen LogP contribution is 2.28. The predicted octanol–water partition coefficient (Wildman–Crippen LogP) is 5.49. The lowest BCUT2D eigenvalue weighted by Crippen LogP contribution is -2.25. The molecule has 0 bridgehead atoms. The van der Waals surface area contributed by atoms with E-state index in [1.54, 1.807) is 0 Å². The van der Waals surface area contributed by atoms with Gasteiger partial charge in [0.2, 0.25) is 0 Å². The number of aryl methyl sites for hydroxylation is 1. The average Bonchev–Trinajstić information content (AvgIpc) is 2.85. The fourth-order valence-corrected chi connectivity index (χ4v) is 3.42. The van der Waals surface area contributed by atoms with Crippen LogP contribution in [0.25, 0.3) is 0 Å². The lowest BCUT2D eigenvalue weighted by atomic mass is 9.96. The van der Waals surface area contributed by atoms with Gasteiger partial charge in [0, 0.05) is 21.8 Å². The molecule has 0 amide bonds. The van der Waals surface area contributed by atoms with Gasteiger partial charge in [-0.2, -0.15) is 0 Å². The van der Waals surface area contributed by atoms with Crippen LogP contribution in [0.2, 0.25) is 0 Å². The molecule has 1 aromatic carbocycles. The van der Waals surface area contributed by atoms with E-state index in [0.29, 0.717) is 18.0 Å². The van der Waals surface area contributed by atoms with Crippen molar-refractivity contribution in [2.45, 2.75) is 46.2 Å². The monoisotopic (exact) mass is 287 g/mol. The molecule has 0 saturated heterocycles. The molecule has 1 nitrogen and oxygen atoms in total. The minimum absolute atomic E-state index is 0.401. The third-order valence-electron chi connectivity index (χ3n) is 3.55. The fourth-order valence-electron chi connectivity index (χ4n) is 2.53. The zero-order valence-electron chi connectivity index (χ0n) is 12.9. The highest BCUT2D eigenvalue weighted by Gasteiger charge is 2.17. The van der Waals surface area contributed by atoms with Crippen LogP contribution in [0.4, 0.5) is 0 Å². The van der Waals surface area contributed by atoms with E-state index in [1.807, 2.05) is 11.3 Å². The lowest BCUT2D eigenvalue weighted by Gasteiger charge is -2.25. The van der Waals surface area contributed by atoms with Gasteiger partial charge >= 0.3 is 0 Å². The summed E-state index contributed by atoms with van der Waals surface area (Å²) in [5.41, 5.74) is 1.39. The van der Waals surface area contributed by atoms with Crippen molar-refractivity contribution < 1.29 is 0 Å². The largest absolute Gasteiger partial charge is 0.303 e. The molecule has 0 fully saturated rings. The molecule has 2 heteroatoms. The second-order valence-corrected chi connectivity index (χ2v) is 7.25. The van der Waals surface area contributed by atoms with Gasteiger partial charge in [0.15, 0.2) is 0 Å². The molecule has 0 aliphatic rings. The zero-order chi connectivity index (χ0) is 14.5. The Labute approximate surface area is 127 Å². The van der Waals surface area contributed by atoms with Gasteiger partial charge in [0.05, 0.1) is 0 Å². The smallest absolute Gasteiger partial charge is 0.0391 e. The molecule has 1 N–H and O–H groups in total. The Morgan fingerprint density at radius 1 is 1.00 bits per heavy atom. The minimum atomic E-state index is 0.401. The van der Waals surface area contributed by atoms with Crippen molar-refractivity contribution in [2.75, 3.05) is 0 Å². The molecule has 1 heterocycles. The van der Waals surface area contributed by atoms with E-state index < -0.39 is 0 Å². The van der Waals surface area contributed by atoms with Crippen molar-refractivity contribution in [3.05, 3.63) is 57.8 Å². The molecular weight excluding hydrogens is 262 g/mol. The Bertz CT molecular complexity index is 515. The molecule has 2 rings (SSSR count). The van der Waals surface area contributed by atoms with E-state index in [0.717, 1.165) is 0 Å². The van der Waals surface area contributed by atoms with Crippen molar-refractivity contribution in [2.24, 2.45) is 5.92 Å². The quantitative estimate of drug-likeness (QED) is 0.740. The van der Waals surface area contributed by atoms with Gasteiger partial charge in [0.1, 0.15) is 0 Å². The van der Waals surface area contributed by atoms with Gasteiger partial charge in [-0.1, -0.05) is 44.2 Å². The van der Waals surface area contributed by atoms with Gasteiger partial charge in [-0.05, 0) is 43.9 Å². The Balaban J connectivity index is 2.11. The van der Waals surface area contributed by atoms with Crippen molar-refractivity contribution in [1.82, 2.24) is 5.32 Å². The first-order valence-electron chi connectivity index (χ1n) is 7.43. The second-order valence-electron chi connectivity index (χ2n) is 5.93. The Hall–Kier alpha value is -1.12. The fraction of sp³-hybridized carbons (Fsp3) is 0.444. The normalized spacial score (nSPS) is 14.4. The lowest BCUT2D eigenvalue weighted by molar-refractivity contribution is 0.396. The number of rotatable bonds is 6. The summed E-state index contributed by atoms with van der Waals surface area (Å²) < 4.78 is 0. The van der Waals surface area contributed by atoms with E-state index in [-0.39, 0.29) is 0 Å². The van der Waals surface area contributed by atoms with Crippen LogP contribution < -0.4 is 5.32 Å². The molecule has 0 aliphatic heterocycles. The Kier molecular flexibility index (Phi) is 5.38. The van der Waals surface area contributed by atoms with Gasteiger partial charge in [0.25, 0.3) is 0 Å². The predicted molar refractivity (Wildman–Crippen MR) is 89.2 cm³/mol. The molecular formula is C18H25NS. The number of benzene rings is 1. The number of thiophene rings is 1. The molecule has 2 aromatic rings. The van der Waals surface area contributed by atoms with Crippen LogP contribution >= 0.6 is 11.3 Å². The third kappa shape index (κ3) is 4.19. The average molecular weight is 287 g/mol. The molecule has 108 valence electrons. The maximum atomic E-state index is 3.80. The van der Waals surface area contributed by atoms with Crippen LogP contribution in [0.3, 0.4) is 0 Å². The zero-order valence-corrected chi connectivity index (χ0v) is 13.7.